The van der Waals surface area contributed by atoms with Gasteiger partial charge in [0.05, 0.1) is 45.7 Å². The predicted octanol–water partition coefficient (Wildman–Crippen LogP) is 1.20. The molecule has 114 valence electrons. The van der Waals surface area contributed by atoms with Gasteiger partial charge in [0, 0.05) is 18.6 Å². The first-order valence-electron chi connectivity index (χ1n) is 7.16. The maximum Gasteiger partial charge on any atom is 0.0704 e. The van der Waals surface area contributed by atoms with Gasteiger partial charge in [-0.15, -0.1) is 0 Å². The van der Waals surface area contributed by atoms with E-state index in [0.29, 0.717) is 39.6 Å². The second kappa shape index (κ2) is 8.87. The largest absolute Gasteiger partial charge is 0.382 e. The van der Waals surface area contributed by atoms with Crippen molar-refractivity contribution in [3.8, 4) is 0 Å². The minimum atomic E-state index is 0.142. The Kier molecular flexibility index (Phi) is 7.87. The maximum absolute atomic E-state index is 6.03. The fourth-order valence-electron chi connectivity index (χ4n) is 2.31. The molecule has 0 aromatic rings. The Bertz CT molecular complexity index is 239. The molecule has 1 fully saturated rings. The zero-order valence-corrected chi connectivity index (χ0v) is 12.5. The normalized spacial score (nSPS) is 30.3. The van der Waals surface area contributed by atoms with E-state index in [0.717, 1.165) is 12.8 Å². The molecule has 0 saturated heterocycles. The summed E-state index contributed by atoms with van der Waals surface area (Å²) in [4.78, 5) is 0. The first-order valence-corrected chi connectivity index (χ1v) is 7.16. The van der Waals surface area contributed by atoms with Crippen LogP contribution in [-0.4, -0.2) is 58.9 Å². The van der Waals surface area contributed by atoms with Gasteiger partial charge in [0.1, 0.15) is 0 Å². The first-order chi connectivity index (χ1) is 9.15. The molecule has 5 nitrogen and oxygen atoms in total. The van der Waals surface area contributed by atoms with Crippen molar-refractivity contribution in [1.29, 1.82) is 0 Å². The lowest BCUT2D eigenvalue weighted by molar-refractivity contribution is -0.129. The molecule has 5 heteroatoms. The van der Waals surface area contributed by atoms with Crippen LogP contribution < -0.4 is 5.73 Å². The number of hydrogen-bond acceptors (Lipinski definition) is 5. The molecule has 1 saturated carbocycles. The van der Waals surface area contributed by atoms with Crippen molar-refractivity contribution in [2.24, 2.45) is 11.1 Å². The van der Waals surface area contributed by atoms with Crippen LogP contribution in [0.15, 0.2) is 0 Å². The molecule has 19 heavy (non-hydrogen) atoms. The highest BCUT2D eigenvalue weighted by Gasteiger charge is 2.49. The molecule has 3 atom stereocenters. The van der Waals surface area contributed by atoms with Crippen molar-refractivity contribution in [3.05, 3.63) is 0 Å². The highest BCUT2D eigenvalue weighted by atomic mass is 16.6. The number of nitrogens with two attached hydrogens (primary N) is 1. The Hall–Kier alpha value is -0.200. The summed E-state index contributed by atoms with van der Waals surface area (Å²) in [5, 5.41) is 0. The molecule has 0 heterocycles. The Morgan fingerprint density at radius 1 is 1.05 bits per heavy atom. The molecule has 2 N–H and O–H groups in total. The summed E-state index contributed by atoms with van der Waals surface area (Å²) in [5.74, 6) is 0. The van der Waals surface area contributed by atoms with Gasteiger partial charge in [-0.05, 0) is 12.8 Å². The van der Waals surface area contributed by atoms with E-state index in [2.05, 4.69) is 13.8 Å². The van der Waals surface area contributed by atoms with Crippen LogP contribution in [0.2, 0.25) is 0 Å². The van der Waals surface area contributed by atoms with Crippen molar-refractivity contribution in [2.75, 3.05) is 46.8 Å². The van der Waals surface area contributed by atoms with E-state index in [4.69, 9.17) is 24.7 Å². The lowest BCUT2D eigenvalue weighted by Gasteiger charge is -2.51. The van der Waals surface area contributed by atoms with Gasteiger partial charge in [0.15, 0.2) is 0 Å². The zero-order chi connectivity index (χ0) is 14.1. The average Bonchev–Trinajstić information content (AvgIpc) is 2.43. The molecule has 1 aliphatic rings. The summed E-state index contributed by atoms with van der Waals surface area (Å²) in [6.45, 7) is 8.06. The summed E-state index contributed by atoms with van der Waals surface area (Å²) in [6.07, 6.45) is 2.31. The zero-order valence-electron chi connectivity index (χ0n) is 12.5. The molecule has 0 aromatic carbocycles. The Morgan fingerprint density at radius 3 is 2.16 bits per heavy atom. The Balaban J connectivity index is 1.92. The smallest absolute Gasteiger partial charge is 0.0704 e. The number of ether oxygens (including phenoxy) is 4. The summed E-state index contributed by atoms with van der Waals surface area (Å²) in [7, 11) is 1.66. The van der Waals surface area contributed by atoms with E-state index in [1.807, 2.05) is 0 Å². The first kappa shape index (κ1) is 16.9. The highest BCUT2D eigenvalue weighted by molar-refractivity contribution is 5.02. The van der Waals surface area contributed by atoms with Gasteiger partial charge in [0.25, 0.3) is 0 Å². The molecule has 1 rings (SSSR count). The maximum atomic E-state index is 6.03. The van der Waals surface area contributed by atoms with Crippen molar-refractivity contribution < 1.29 is 18.9 Å². The van der Waals surface area contributed by atoms with Crippen LogP contribution in [0.25, 0.3) is 0 Å². The van der Waals surface area contributed by atoms with Crippen LogP contribution in [-0.2, 0) is 18.9 Å². The summed E-state index contributed by atoms with van der Waals surface area (Å²) in [6, 6.07) is 0.276. The van der Waals surface area contributed by atoms with E-state index >= 15 is 0 Å². The van der Waals surface area contributed by atoms with Crippen LogP contribution in [0, 0.1) is 5.41 Å². The summed E-state index contributed by atoms with van der Waals surface area (Å²) >= 11 is 0. The summed E-state index contributed by atoms with van der Waals surface area (Å²) < 4.78 is 21.4. The molecule has 3 unspecified atom stereocenters. The van der Waals surface area contributed by atoms with Crippen molar-refractivity contribution in [3.63, 3.8) is 0 Å². The van der Waals surface area contributed by atoms with Crippen molar-refractivity contribution in [1.82, 2.24) is 0 Å². The topological polar surface area (TPSA) is 62.9 Å². The molecule has 0 radical (unpaired) electrons. The quantitative estimate of drug-likeness (QED) is 0.574. The van der Waals surface area contributed by atoms with Gasteiger partial charge >= 0.3 is 0 Å². The van der Waals surface area contributed by atoms with Crippen LogP contribution in [0.5, 0.6) is 0 Å². The molecular formula is C14H29NO4. The average molecular weight is 275 g/mol. The van der Waals surface area contributed by atoms with E-state index in [1.54, 1.807) is 7.11 Å². The van der Waals surface area contributed by atoms with Crippen molar-refractivity contribution >= 4 is 0 Å². The lowest BCUT2D eigenvalue weighted by Crippen LogP contribution is -2.60. The Labute approximate surface area is 116 Å². The molecule has 0 aromatic heterocycles. The number of hydrogen-bond donors (Lipinski definition) is 1. The standard InChI is InChI=1S/C14H29NO4/c1-4-14(2)12(15)11-13(14)19-10-9-18-8-7-17-6-5-16-3/h12-13H,4-11,15H2,1-3H3. The monoisotopic (exact) mass is 275 g/mol. The van der Waals surface area contributed by atoms with Crippen LogP contribution in [0.1, 0.15) is 26.7 Å². The van der Waals surface area contributed by atoms with Gasteiger partial charge in [-0.1, -0.05) is 13.8 Å². The van der Waals surface area contributed by atoms with Crippen LogP contribution in [0.3, 0.4) is 0 Å². The lowest BCUT2D eigenvalue weighted by atomic mass is 9.62. The van der Waals surface area contributed by atoms with Crippen LogP contribution in [0.4, 0.5) is 0 Å². The van der Waals surface area contributed by atoms with Crippen molar-refractivity contribution in [2.45, 2.75) is 38.8 Å². The van der Waals surface area contributed by atoms with Gasteiger partial charge in [-0.25, -0.2) is 0 Å². The fraction of sp³-hybridized carbons (Fsp3) is 1.00. The number of rotatable bonds is 11. The Morgan fingerprint density at radius 2 is 1.63 bits per heavy atom. The van der Waals surface area contributed by atoms with Gasteiger partial charge in [-0.2, -0.15) is 0 Å². The predicted molar refractivity (Wildman–Crippen MR) is 74.2 cm³/mol. The third-order valence-corrected chi connectivity index (χ3v) is 4.16. The van der Waals surface area contributed by atoms with Gasteiger partial charge < -0.3 is 24.7 Å². The molecule has 0 aliphatic heterocycles. The van der Waals surface area contributed by atoms with E-state index in [9.17, 15) is 0 Å². The van der Waals surface area contributed by atoms with Gasteiger partial charge in [0.2, 0.25) is 0 Å². The third kappa shape index (κ3) is 5.00. The molecule has 0 amide bonds. The van der Waals surface area contributed by atoms with E-state index in [1.165, 1.54) is 0 Å². The fourth-order valence-corrected chi connectivity index (χ4v) is 2.31. The minimum absolute atomic E-state index is 0.142. The summed E-state index contributed by atoms with van der Waals surface area (Å²) in [5.41, 5.74) is 6.17. The van der Waals surface area contributed by atoms with Gasteiger partial charge in [-0.3, -0.25) is 0 Å². The number of methoxy groups -OCH3 is 1. The highest BCUT2D eigenvalue weighted by Crippen LogP contribution is 2.44. The molecule has 1 aliphatic carbocycles. The van der Waals surface area contributed by atoms with E-state index in [-0.39, 0.29) is 17.6 Å². The minimum Gasteiger partial charge on any atom is -0.382 e. The SMILES string of the molecule is CCC1(C)C(N)CC1OCCOCCOCCOC. The second-order valence-electron chi connectivity index (χ2n) is 5.28. The second-order valence-corrected chi connectivity index (χ2v) is 5.28. The van der Waals surface area contributed by atoms with Crippen LogP contribution >= 0.6 is 0 Å². The molecule has 0 spiro atoms. The molecule has 0 bridgehead atoms. The molecular weight excluding hydrogens is 246 g/mol. The third-order valence-electron chi connectivity index (χ3n) is 4.16. The van der Waals surface area contributed by atoms with E-state index < -0.39 is 0 Å².